The molecule has 0 atom stereocenters. The molecule has 0 aliphatic carbocycles. The Morgan fingerprint density at radius 3 is 2.32 bits per heavy atom. The molecule has 0 spiro atoms. The molecule has 0 saturated heterocycles. The van der Waals surface area contributed by atoms with Gasteiger partial charge in [0.25, 0.3) is 0 Å². The first-order valence-corrected chi connectivity index (χ1v) is 7.52. The van der Waals surface area contributed by atoms with Gasteiger partial charge >= 0.3 is 12.1 Å². The lowest BCUT2D eigenvalue weighted by atomic mass is 10.1. The monoisotopic (exact) mass is 307 g/mol. The number of hydrogen-bond acceptors (Lipinski definition) is 4. The molecule has 5 nitrogen and oxygen atoms in total. The van der Waals surface area contributed by atoms with E-state index in [0.717, 1.165) is 5.56 Å². The molecule has 0 aliphatic heterocycles. The van der Waals surface area contributed by atoms with Crippen LogP contribution >= 0.6 is 0 Å². The number of anilines is 1. The van der Waals surface area contributed by atoms with Gasteiger partial charge in [0.15, 0.2) is 0 Å². The summed E-state index contributed by atoms with van der Waals surface area (Å²) in [6.45, 7) is 9.89. The number of hydrogen-bond donors (Lipinski definition) is 0. The summed E-state index contributed by atoms with van der Waals surface area (Å²) in [5.74, 6) is -0.310. The van der Waals surface area contributed by atoms with Gasteiger partial charge in [-0.15, -0.1) is 0 Å². The molecule has 0 aliphatic rings. The van der Waals surface area contributed by atoms with Crippen LogP contribution in [0.1, 0.15) is 40.2 Å². The summed E-state index contributed by atoms with van der Waals surface area (Å²) in [7, 11) is 0. The molecule has 0 fully saturated rings. The smallest absolute Gasteiger partial charge is 0.414 e. The van der Waals surface area contributed by atoms with Gasteiger partial charge in [-0.1, -0.05) is 18.2 Å². The predicted molar refractivity (Wildman–Crippen MR) is 86.0 cm³/mol. The van der Waals surface area contributed by atoms with Crippen LogP contribution in [-0.4, -0.2) is 30.8 Å². The van der Waals surface area contributed by atoms with E-state index in [9.17, 15) is 9.59 Å². The minimum absolute atomic E-state index is 0.128. The second kappa shape index (κ2) is 7.82. The maximum atomic E-state index is 12.3. The standard InChI is InChI=1S/C17H25NO4/c1-6-18(16(20)22-17(3,4)5)14-11-9-8-10-13(14)12-15(19)21-7-2/h8-11H,6-7,12H2,1-5H3. The number of carbonyl (C=O) groups is 2. The molecule has 1 amide bonds. The number of para-hydroxylation sites is 1. The molecular weight excluding hydrogens is 282 g/mol. The Labute approximate surface area is 132 Å². The van der Waals surface area contributed by atoms with Gasteiger partial charge < -0.3 is 9.47 Å². The van der Waals surface area contributed by atoms with E-state index in [4.69, 9.17) is 9.47 Å². The van der Waals surface area contributed by atoms with E-state index in [-0.39, 0.29) is 12.4 Å². The highest BCUT2D eigenvalue weighted by Crippen LogP contribution is 2.23. The van der Waals surface area contributed by atoms with Crippen molar-refractivity contribution in [1.29, 1.82) is 0 Å². The van der Waals surface area contributed by atoms with Crippen molar-refractivity contribution in [3.63, 3.8) is 0 Å². The average molecular weight is 307 g/mol. The zero-order valence-corrected chi connectivity index (χ0v) is 14.0. The Kier molecular flexibility index (Phi) is 6.40. The molecule has 0 heterocycles. The van der Waals surface area contributed by atoms with Crippen LogP contribution in [0.5, 0.6) is 0 Å². The van der Waals surface area contributed by atoms with Crippen LogP contribution in [0, 0.1) is 0 Å². The van der Waals surface area contributed by atoms with Crippen LogP contribution < -0.4 is 4.90 Å². The fourth-order valence-corrected chi connectivity index (χ4v) is 2.01. The van der Waals surface area contributed by atoms with Crippen molar-refractivity contribution in [2.45, 2.75) is 46.6 Å². The lowest BCUT2D eigenvalue weighted by Gasteiger charge is -2.27. The van der Waals surface area contributed by atoms with Gasteiger partial charge in [-0.3, -0.25) is 9.69 Å². The van der Waals surface area contributed by atoms with Crippen molar-refractivity contribution in [2.75, 3.05) is 18.1 Å². The van der Waals surface area contributed by atoms with Gasteiger partial charge in [0.2, 0.25) is 0 Å². The van der Waals surface area contributed by atoms with Crippen molar-refractivity contribution in [3.8, 4) is 0 Å². The quantitative estimate of drug-likeness (QED) is 0.781. The third-order valence-electron chi connectivity index (χ3n) is 2.85. The molecule has 122 valence electrons. The minimum atomic E-state index is -0.569. The van der Waals surface area contributed by atoms with E-state index < -0.39 is 11.7 Å². The third-order valence-corrected chi connectivity index (χ3v) is 2.85. The molecule has 1 aromatic rings. The van der Waals surface area contributed by atoms with Gasteiger partial charge in [-0.05, 0) is 46.2 Å². The Hall–Kier alpha value is -2.04. The fraction of sp³-hybridized carbons (Fsp3) is 0.529. The molecule has 0 aromatic heterocycles. The second-order valence-corrected chi connectivity index (χ2v) is 5.84. The number of nitrogens with zero attached hydrogens (tertiary/aromatic N) is 1. The van der Waals surface area contributed by atoms with Crippen molar-refractivity contribution in [1.82, 2.24) is 0 Å². The zero-order chi connectivity index (χ0) is 16.8. The van der Waals surface area contributed by atoms with Gasteiger partial charge in [0.1, 0.15) is 5.60 Å². The normalized spacial score (nSPS) is 11.0. The first-order valence-electron chi connectivity index (χ1n) is 7.52. The van der Waals surface area contributed by atoms with E-state index >= 15 is 0 Å². The molecule has 0 bridgehead atoms. The summed E-state index contributed by atoms with van der Waals surface area (Å²) in [4.78, 5) is 25.6. The number of esters is 1. The zero-order valence-electron chi connectivity index (χ0n) is 14.0. The van der Waals surface area contributed by atoms with E-state index in [1.807, 2.05) is 52.0 Å². The predicted octanol–water partition coefficient (Wildman–Crippen LogP) is 3.55. The highest BCUT2D eigenvalue weighted by atomic mass is 16.6. The molecule has 5 heteroatoms. The Bertz CT molecular complexity index is 520. The highest BCUT2D eigenvalue weighted by Gasteiger charge is 2.24. The van der Waals surface area contributed by atoms with Gasteiger partial charge in [-0.25, -0.2) is 4.79 Å². The maximum absolute atomic E-state index is 12.3. The second-order valence-electron chi connectivity index (χ2n) is 5.84. The summed E-state index contributed by atoms with van der Waals surface area (Å²) < 4.78 is 10.4. The summed E-state index contributed by atoms with van der Waals surface area (Å²) in [5.41, 5.74) is 0.849. The molecule has 1 aromatic carbocycles. The SMILES string of the molecule is CCOC(=O)Cc1ccccc1N(CC)C(=O)OC(C)(C)C. The summed E-state index contributed by atoms with van der Waals surface area (Å²) in [5, 5.41) is 0. The lowest BCUT2D eigenvalue weighted by molar-refractivity contribution is -0.142. The van der Waals surface area contributed by atoms with Crippen LogP contribution in [0.4, 0.5) is 10.5 Å². The average Bonchev–Trinajstić information content (AvgIpc) is 2.39. The molecule has 0 N–H and O–H groups in total. The van der Waals surface area contributed by atoms with E-state index in [1.165, 1.54) is 4.90 Å². The number of amides is 1. The Morgan fingerprint density at radius 1 is 1.14 bits per heavy atom. The van der Waals surface area contributed by atoms with Crippen molar-refractivity contribution >= 4 is 17.7 Å². The largest absolute Gasteiger partial charge is 0.466 e. The van der Waals surface area contributed by atoms with Gasteiger partial charge in [-0.2, -0.15) is 0 Å². The van der Waals surface area contributed by atoms with Crippen LogP contribution in [0.3, 0.4) is 0 Å². The van der Waals surface area contributed by atoms with Crippen molar-refractivity contribution in [3.05, 3.63) is 29.8 Å². The summed E-state index contributed by atoms with van der Waals surface area (Å²) in [6, 6.07) is 7.29. The molecule has 22 heavy (non-hydrogen) atoms. The Morgan fingerprint density at radius 2 is 1.77 bits per heavy atom. The van der Waals surface area contributed by atoms with Crippen molar-refractivity contribution in [2.24, 2.45) is 0 Å². The summed E-state index contributed by atoms with van der Waals surface area (Å²) >= 11 is 0. The molecule has 1 rings (SSSR count). The number of rotatable bonds is 5. The number of benzene rings is 1. The molecule has 0 unspecified atom stereocenters. The van der Waals surface area contributed by atoms with Crippen LogP contribution in [0.15, 0.2) is 24.3 Å². The number of ether oxygens (including phenoxy) is 2. The third kappa shape index (κ3) is 5.39. The van der Waals surface area contributed by atoms with E-state index in [2.05, 4.69) is 0 Å². The maximum Gasteiger partial charge on any atom is 0.414 e. The van der Waals surface area contributed by atoms with Crippen LogP contribution in [0.25, 0.3) is 0 Å². The Balaban J connectivity index is 3.02. The molecule has 0 radical (unpaired) electrons. The lowest BCUT2D eigenvalue weighted by Crippen LogP contribution is -2.37. The van der Waals surface area contributed by atoms with E-state index in [0.29, 0.717) is 18.8 Å². The first kappa shape index (κ1) is 18.0. The minimum Gasteiger partial charge on any atom is -0.466 e. The topological polar surface area (TPSA) is 55.8 Å². The molecule has 0 saturated carbocycles. The van der Waals surface area contributed by atoms with Crippen LogP contribution in [-0.2, 0) is 20.7 Å². The van der Waals surface area contributed by atoms with E-state index in [1.54, 1.807) is 6.92 Å². The van der Waals surface area contributed by atoms with Crippen molar-refractivity contribution < 1.29 is 19.1 Å². The van der Waals surface area contributed by atoms with Gasteiger partial charge in [0.05, 0.1) is 18.7 Å². The highest BCUT2D eigenvalue weighted by molar-refractivity contribution is 5.90. The van der Waals surface area contributed by atoms with Gasteiger partial charge in [0, 0.05) is 6.54 Å². The summed E-state index contributed by atoms with van der Waals surface area (Å²) in [6.07, 6.45) is -0.296. The first-order chi connectivity index (χ1) is 10.3. The van der Waals surface area contributed by atoms with Crippen LogP contribution in [0.2, 0.25) is 0 Å². The fourth-order valence-electron chi connectivity index (χ4n) is 2.01. The molecular formula is C17H25NO4. The number of carbonyl (C=O) groups excluding carboxylic acids is 2.